The third-order valence-corrected chi connectivity index (χ3v) is 13.9. The van der Waals surface area contributed by atoms with Crippen LogP contribution in [0.3, 0.4) is 0 Å². The van der Waals surface area contributed by atoms with Gasteiger partial charge in [0.05, 0.1) is 23.4 Å². The first-order valence-corrected chi connectivity index (χ1v) is 20.2. The van der Waals surface area contributed by atoms with Crippen molar-refractivity contribution in [2.45, 2.75) is 141 Å². The Kier molecular flexibility index (Phi) is 13.6. The minimum absolute atomic E-state index is 0.00939. The molecule has 12 atom stereocenters. The summed E-state index contributed by atoms with van der Waals surface area (Å²) in [5, 5.41) is 0. The third-order valence-electron chi connectivity index (χ3n) is 13.9. The fourth-order valence-corrected chi connectivity index (χ4v) is 11.1. The molecule has 0 spiro atoms. The zero-order valence-corrected chi connectivity index (χ0v) is 33.3. The van der Waals surface area contributed by atoms with Gasteiger partial charge in [0.25, 0.3) is 0 Å². The number of ether oxygens (including phenoxy) is 9. The van der Waals surface area contributed by atoms with Gasteiger partial charge in [-0.25, -0.2) is 0 Å². The normalized spacial score (nSPS) is 39.4. The van der Waals surface area contributed by atoms with E-state index in [1.807, 2.05) is 27.7 Å². The van der Waals surface area contributed by atoms with Crippen molar-refractivity contribution in [2.24, 2.45) is 28.6 Å². The third kappa shape index (κ3) is 7.94. The quantitative estimate of drug-likeness (QED) is 0.0932. The first kappa shape index (κ1) is 42.0. The molecule has 54 heavy (non-hydrogen) atoms. The Morgan fingerprint density at radius 1 is 0.796 bits per heavy atom. The molecule has 3 saturated carbocycles. The van der Waals surface area contributed by atoms with Gasteiger partial charge in [-0.1, -0.05) is 32.1 Å². The van der Waals surface area contributed by atoms with Gasteiger partial charge in [-0.2, -0.15) is 13.2 Å². The Bertz CT molecular complexity index is 1390. The van der Waals surface area contributed by atoms with Crippen LogP contribution in [0.4, 0.5) is 13.2 Å². The molecule has 0 radical (unpaired) electrons. The fraction of sp³-hybridized carbons (Fsp3) is 0.810. The van der Waals surface area contributed by atoms with Crippen LogP contribution in [0.25, 0.3) is 5.57 Å². The molecule has 0 amide bonds. The maximum absolute atomic E-state index is 13.5. The summed E-state index contributed by atoms with van der Waals surface area (Å²) in [6.07, 6.45) is 3.03. The molecule has 306 valence electrons. The van der Waals surface area contributed by atoms with Gasteiger partial charge in [0, 0.05) is 32.3 Å². The van der Waals surface area contributed by atoms with E-state index in [1.54, 1.807) is 19.2 Å². The summed E-state index contributed by atoms with van der Waals surface area (Å²) in [4.78, 5) is 0. The second-order valence-corrected chi connectivity index (χ2v) is 16.3. The predicted molar refractivity (Wildman–Crippen MR) is 196 cm³/mol. The van der Waals surface area contributed by atoms with E-state index < -0.39 is 41.9 Å². The molecule has 0 N–H and O–H groups in total. The number of rotatable bonds is 16. The molecule has 1 aromatic rings. The molecule has 4 fully saturated rings. The number of halogens is 3. The second kappa shape index (κ2) is 17.5. The summed E-state index contributed by atoms with van der Waals surface area (Å²) in [5.41, 5.74) is 0.532. The number of hydrogen-bond acceptors (Lipinski definition) is 9. The van der Waals surface area contributed by atoms with Crippen molar-refractivity contribution in [3.63, 3.8) is 0 Å². The van der Waals surface area contributed by atoms with Crippen molar-refractivity contribution in [2.75, 3.05) is 47.3 Å². The molecule has 6 rings (SSSR count). The summed E-state index contributed by atoms with van der Waals surface area (Å²) in [5.74, 6) is 1.18. The molecule has 9 nitrogen and oxygen atoms in total. The molecule has 1 saturated heterocycles. The van der Waals surface area contributed by atoms with Gasteiger partial charge in [0.15, 0.2) is 6.29 Å². The molecule has 12 heteroatoms. The van der Waals surface area contributed by atoms with E-state index in [9.17, 15) is 13.2 Å². The largest absolute Gasteiger partial charge is 0.416 e. The van der Waals surface area contributed by atoms with Gasteiger partial charge < -0.3 is 42.6 Å². The number of benzene rings is 1. The summed E-state index contributed by atoms with van der Waals surface area (Å²) in [7, 11) is 1.66. The summed E-state index contributed by atoms with van der Waals surface area (Å²) in [6, 6.07) is 5.68. The molecule has 4 aliphatic carbocycles. The lowest BCUT2D eigenvalue weighted by atomic mass is 9.43. The molecule has 0 unspecified atom stereocenters. The maximum Gasteiger partial charge on any atom is 0.416 e. The average molecular weight is 769 g/mol. The number of fused-ring (bicyclic) bond motifs is 5. The van der Waals surface area contributed by atoms with Crippen LogP contribution in [0.15, 0.2) is 30.3 Å². The zero-order valence-electron chi connectivity index (χ0n) is 33.3. The van der Waals surface area contributed by atoms with Crippen molar-refractivity contribution >= 4 is 5.57 Å². The van der Waals surface area contributed by atoms with Gasteiger partial charge in [0.2, 0.25) is 0 Å². The smallest absolute Gasteiger partial charge is 0.376 e. The lowest BCUT2D eigenvalue weighted by Gasteiger charge is -2.64. The van der Waals surface area contributed by atoms with Gasteiger partial charge in [-0.3, -0.25) is 0 Å². The van der Waals surface area contributed by atoms with Gasteiger partial charge in [-0.15, -0.1) is 0 Å². The Morgan fingerprint density at radius 3 is 2.11 bits per heavy atom. The monoisotopic (exact) mass is 768 g/mol. The Hall–Kier alpha value is -1.61. The number of hydrogen-bond donors (Lipinski definition) is 0. The van der Waals surface area contributed by atoms with Crippen LogP contribution in [0.2, 0.25) is 0 Å². The molecular formula is C42H63F3O9. The summed E-state index contributed by atoms with van der Waals surface area (Å²) in [6.45, 7) is 14.6. The first-order valence-electron chi connectivity index (χ1n) is 20.2. The number of alkyl halides is 3. The topological polar surface area (TPSA) is 83.1 Å². The predicted octanol–water partition coefficient (Wildman–Crippen LogP) is 8.78. The summed E-state index contributed by atoms with van der Waals surface area (Å²) < 4.78 is 95.9. The highest BCUT2D eigenvalue weighted by Crippen LogP contribution is 2.70. The van der Waals surface area contributed by atoms with E-state index in [0.717, 1.165) is 62.5 Å². The minimum atomic E-state index is -4.37. The SMILES string of the molecule is CCOCO[C@@H]1[C@H](O[C@H]2CC[C@@]3(C)[C@H](CC[C@@H]4[C@@H]3CC[C@]3(C)C(c5ccc(C(F)(F)F)cc5)=CC[C@]43OCOCC)C2)O[C@@H](C)[C@H](OCOCC)[C@H]1OC. The van der Waals surface area contributed by atoms with Crippen LogP contribution in [0.1, 0.15) is 104 Å². The number of methoxy groups -OCH3 is 1. The minimum Gasteiger partial charge on any atom is -0.376 e. The van der Waals surface area contributed by atoms with Crippen LogP contribution in [-0.2, 0) is 48.8 Å². The van der Waals surface area contributed by atoms with E-state index >= 15 is 0 Å². The highest BCUT2D eigenvalue weighted by atomic mass is 19.4. The molecular weight excluding hydrogens is 705 g/mol. The first-order chi connectivity index (χ1) is 25.9. The van der Waals surface area contributed by atoms with Crippen LogP contribution in [-0.4, -0.2) is 89.7 Å². The molecule has 1 heterocycles. The van der Waals surface area contributed by atoms with Crippen LogP contribution in [0.5, 0.6) is 0 Å². The lowest BCUT2D eigenvalue weighted by molar-refractivity contribution is -0.339. The maximum atomic E-state index is 13.5. The van der Waals surface area contributed by atoms with Gasteiger partial charge in [0.1, 0.15) is 38.7 Å². The van der Waals surface area contributed by atoms with Crippen molar-refractivity contribution < 1.29 is 55.8 Å². The van der Waals surface area contributed by atoms with Crippen LogP contribution < -0.4 is 0 Å². The van der Waals surface area contributed by atoms with Crippen LogP contribution >= 0.6 is 0 Å². The molecule has 1 aromatic carbocycles. The van der Waals surface area contributed by atoms with Crippen molar-refractivity contribution in [1.82, 2.24) is 0 Å². The molecule has 5 aliphatic rings. The van der Waals surface area contributed by atoms with Crippen molar-refractivity contribution in [3.05, 3.63) is 41.5 Å². The van der Waals surface area contributed by atoms with Gasteiger partial charge in [-0.05, 0) is 125 Å². The van der Waals surface area contributed by atoms with E-state index in [-0.39, 0.29) is 49.3 Å². The van der Waals surface area contributed by atoms with Crippen molar-refractivity contribution in [1.29, 1.82) is 0 Å². The highest BCUT2D eigenvalue weighted by molar-refractivity contribution is 5.75. The summed E-state index contributed by atoms with van der Waals surface area (Å²) >= 11 is 0. The van der Waals surface area contributed by atoms with E-state index in [1.165, 1.54) is 12.1 Å². The molecule has 1 aliphatic heterocycles. The molecule has 0 bridgehead atoms. The molecule has 0 aromatic heterocycles. The fourth-order valence-electron chi connectivity index (χ4n) is 11.1. The van der Waals surface area contributed by atoms with E-state index in [2.05, 4.69) is 19.9 Å². The highest BCUT2D eigenvalue weighted by Gasteiger charge is 2.67. The Balaban J connectivity index is 1.18. The average Bonchev–Trinajstić information content (AvgIpc) is 3.45. The standard InChI is InChI=1S/C42H63F3O9/c1-8-47-24-50-35-27(4)53-38(37(36(35)46-7)51-25-48-9-2)54-31-17-20-39(5)30(23-31)15-16-34-33(39)18-21-40(6)32(19-22-41(34,40)52-26-49-10-3)28-11-13-29(14-12-28)42(43,44)45/h11-14,19,27,30-31,33-38H,8-10,15-18,20-26H2,1-7H3/t27-,30+,31-,33-,34+,35-,36+,37-,38-,39-,40+,41-/m0/s1. The van der Waals surface area contributed by atoms with Crippen molar-refractivity contribution in [3.8, 4) is 0 Å². The lowest BCUT2D eigenvalue weighted by Crippen LogP contribution is -2.63. The second-order valence-electron chi connectivity index (χ2n) is 16.3. The Morgan fingerprint density at radius 2 is 1.46 bits per heavy atom. The Labute approximate surface area is 319 Å². The van der Waals surface area contributed by atoms with E-state index in [0.29, 0.717) is 31.7 Å². The van der Waals surface area contributed by atoms with E-state index in [4.69, 9.17) is 42.6 Å². The van der Waals surface area contributed by atoms with Crippen LogP contribution in [0, 0.1) is 28.6 Å². The zero-order chi connectivity index (χ0) is 38.7. The van der Waals surface area contributed by atoms with Gasteiger partial charge >= 0.3 is 6.18 Å².